The fraction of sp³-hybridized carbons (Fsp3) is 0.0143. The van der Waals surface area contributed by atoms with Crippen molar-refractivity contribution in [2.75, 3.05) is 19.6 Å². The molecule has 2 aromatic heterocycles. The first-order valence-electron chi connectivity index (χ1n) is 50.3. The standard InChI is InChI=1S/C73H49N3.C67H44N2S/c1-3-22-50(23-4-1)52-24-19-26-54(48-52)58-30-8-14-38-66(58)74(56-46-44-51(45-47-56)53-25-20-29-57(49-53)76-67-39-15-9-31-59(67)60-32-10-16-40-68(60)76)71-43-21-37-65-72(71)61-33-7-11-34-62(61)73(65)63-35-12-17-41-69(63)75(55-27-5-2-6-28-55)70-42-18-13-36-64(70)73;1-3-19-45(20-4-1)47-21-17-22-49(43-47)52-25-8-13-32-60(52)68(51-40-37-46(38-41-51)48-39-42-54-53-26-9-16-36-64(53)70-65(54)44-48)63-35-18-31-59-66(63)55-27-7-10-28-56(55)67(59)57-29-11-14-33-61(57)69(50-23-5-2-6-24-50)62-34-15-12-30-58(62)67/h1-49H;1-44H. The molecule has 5 nitrogen and oxygen atoms in total. The third kappa shape index (κ3) is 13.6. The van der Waals surface area contributed by atoms with E-state index in [9.17, 15) is 0 Å². The summed E-state index contributed by atoms with van der Waals surface area (Å²) in [5.74, 6) is 0. The summed E-state index contributed by atoms with van der Waals surface area (Å²) in [4.78, 5) is 9.95. The fourth-order valence-corrected chi connectivity index (χ4v) is 25.7. The van der Waals surface area contributed by atoms with Crippen LogP contribution in [0.15, 0.2) is 564 Å². The lowest BCUT2D eigenvalue weighted by atomic mass is 9.64. The lowest BCUT2D eigenvalue weighted by Crippen LogP contribution is -2.36. The van der Waals surface area contributed by atoms with E-state index in [1.165, 1.54) is 165 Å². The first kappa shape index (κ1) is 85.3. The summed E-state index contributed by atoms with van der Waals surface area (Å²) in [7, 11) is 0. The fourth-order valence-electron chi connectivity index (χ4n) is 24.5. The second-order valence-corrected chi connectivity index (χ2v) is 39.4. The van der Waals surface area contributed by atoms with Crippen molar-refractivity contribution in [3.8, 4) is 94.7 Å². The van der Waals surface area contributed by atoms with Gasteiger partial charge in [-0.25, -0.2) is 0 Å². The summed E-state index contributed by atoms with van der Waals surface area (Å²) < 4.78 is 5.03. The number of anilines is 12. The van der Waals surface area contributed by atoms with Crippen LogP contribution in [0, 0.1) is 0 Å². The van der Waals surface area contributed by atoms with Gasteiger partial charge in [-0.05, 0) is 257 Å². The molecular formula is C140H93N5S. The van der Waals surface area contributed by atoms with Crippen molar-refractivity contribution in [2.45, 2.75) is 10.8 Å². The van der Waals surface area contributed by atoms with Crippen LogP contribution in [0.4, 0.5) is 68.2 Å². The average molecular weight is 1880 g/mol. The predicted octanol–water partition coefficient (Wildman–Crippen LogP) is 38.1. The minimum atomic E-state index is -0.610. The number of para-hydroxylation sites is 10. The van der Waals surface area contributed by atoms with Gasteiger partial charge in [0.25, 0.3) is 0 Å². The highest BCUT2D eigenvalue weighted by atomic mass is 32.1. The van der Waals surface area contributed by atoms with Gasteiger partial charge >= 0.3 is 0 Å². The van der Waals surface area contributed by atoms with Gasteiger partial charge in [-0.3, -0.25) is 0 Å². The first-order chi connectivity index (χ1) is 72.5. The molecule has 4 heterocycles. The molecule has 2 aliphatic carbocycles. The first-order valence-corrected chi connectivity index (χ1v) is 51.2. The molecule has 4 aliphatic rings. The number of benzene rings is 23. The van der Waals surface area contributed by atoms with Gasteiger partial charge in [-0.15, -0.1) is 11.3 Å². The maximum atomic E-state index is 2.52. The summed E-state index contributed by atoms with van der Waals surface area (Å²) >= 11 is 1.87. The number of hydrogen-bond donors (Lipinski definition) is 0. The van der Waals surface area contributed by atoms with Crippen molar-refractivity contribution in [3.63, 3.8) is 0 Å². The Labute approximate surface area is 853 Å². The van der Waals surface area contributed by atoms with Gasteiger partial charge in [0.05, 0.1) is 67.4 Å². The molecule has 23 aromatic carbocycles. The van der Waals surface area contributed by atoms with Crippen molar-refractivity contribution >= 4 is 122 Å². The number of fused-ring (bicyclic) bond motifs is 24. The number of nitrogens with zero attached hydrogens (tertiary/aromatic N) is 5. The number of hydrogen-bond acceptors (Lipinski definition) is 5. The zero-order chi connectivity index (χ0) is 96.3. The summed E-state index contributed by atoms with van der Waals surface area (Å²) in [5, 5.41) is 5.14. The number of aromatic nitrogens is 1. The Balaban J connectivity index is 0.000000142. The molecule has 2 spiro atoms. The van der Waals surface area contributed by atoms with Crippen molar-refractivity contribution in [1.29, 1.82) is 0 Å². The van der Waals surface area contributed by atoms with Crippen LogP contribution in [0.1, 0.15) is 44.5 Å². The zero-order valence-electron chi connectivity index (χ0n) is 79.8. The molecule has 0 bridgehead atoms. The van der Waals surface area contributed by atoms with Crippen LogP contribution in [-0.4, -0.2) is 4.57 Å². The van der Waals surface area contributed by atoms with E-state index in [-0.39, 0.29) is 0 Å². The van der Waals surface area contributed by atoms with Gasteiger partial charge in [0.15, 0.2) is 0 Å². The highest BCUT2D eigenvalue weighted by Crippen LogP contribution is 2.68. The maximum Gasteiger partial charge on any atom is 0.0755 e. The van der Waals surface area contributed by atoms with E-state index in [4.69, 9.17) is 0 Å². The summed E-state index contributed by atoms with van der Waals surface area (Å²) in [6.45, 7) is 0. The topological polar surface area (TPSA) is 17.9 Å². The van der Waals surface area contributed by atoms with Gasteiger partial charge in [-0.2, -0.15) is 0 Å². The SMILES string of the molecule is c1ccc(-c2cccc(-c3ccccc3N(c3ccc(-c4ccc5c(c4)sc4ccccc45)cc3)c3cccc4c3-c3ccccc3C43c4ccccc4N(c4ccccc4)c4ccccc43)c2)cc1.c1ccc(-c2cccc(-c3ccccc3N(c3ccc(-c4cccc(-n5c6ccccc6c6ccccc65)c4)cc3)c3cccc4c3-c3ccccc3C43c4ccccc4N(c4ccccc4)c4ccccc43)c2)cc1. The normalized spacial score (nSPS) is 12.9. The summed E-state index contributed by atoms with van der Waals surface area (Å²) in [5.41, 5.74) is 45.2. The molecule has 0 saturated carbocycles. The Bertz CT molecular complexity index is 9260. The van der Waals surface area contributed by atoms with Crippen molar-refractivity contribution < 1.29 is 0 Å². The molecule has 0 fully saturated rings. The van der Waals surface area contributed by atoms with Crippen LogP contribution in [0.5, 0.6) is 0 Å². The lowest BCUT2D eigenvalue weighted by molar-refractivity contribution is 0.752. The zero-order valence-corrected chi connectivity index (χ0v) is 80.7. The van der Waals surface area contributed by atoms with Crippen LogP contribution in [0.2, 0.25) is 0 Å². The molecule has 0 N–H and O–H groups in total. The van der Waals surface area contributed by atoms with E-state index >= 15 is 0 Å². The van der Waals surface area contributed by atoms with Crippen molar-refractivity contribution in [2.24, 2.45) is 0 Å². The largest absolute Gasteiger partial charge is 0.310 e. The van der Waals surface area contributed by atoms with E-state index in [0.717, 1.165) is 84.6 Å². The van der Waals surface area contributed by atoms with E-state index < -0.39 is 10.8 Å². The monoisotopic (exact) mass is 1880 g/mol. The Kier molecular flexibility index (Phi) is 20.6. The van der Waals surface area contributed by atoms with E-state index in [1.807, 2.05) is 11.3 Å². The van der Waals surface area contributed by atoms with E-state index in [1.54, 1.807) is 0 Å². The Morgan fingerprint density at radius 1 is 0.171 bits per heavy atom. The minimum absolute atomic E-state index is 0.593. The van der Waals surface area contributed by atoms with Gasteiger partial charge in [0, 0.05) is 81.6 Å². The van der Waals surface area contributed by atoms with E-state index in [0.29, 0.717) is 0 Å². The molecule has 0 amide bonds. The smallest absolute Gasteiger partial charge is 0.0755 e. The lowest BCUT2D eigenvalue weighted by Gasteiger charge is -2.45. The van der Waals surface area contributed by atoms with Crippen molar-refractivity contribution in [3.05, 3.63) is 609 Å². The van der Waals surface area contributed by atoms with Gasteiger partial charge in [0.1, 0.15) is 0 Å². The molecule has 25 aromatic rings. The Hall–Kier alpha value is -18.7. The average Bonchev–Trinajstić information content (AvgIpc) is 1.49. The molecular weight excluding hydrogens is 1780 g/mol. The van der Waals surface area contributed by atoms with Crippen LogP contribution in [-0.2, 0) is 10.8 Å². The molecule has 29 rings (SSSR count). The van der Waals surface area contributed by atoms with Gasteiger partial charge in [0.2, 0.25) is 0 Å². The van der Waals surface area contributed by atoms with Gasteiger partial charge in [-0.1, -0.05) is 419 Å². The minimum Gasteiger partial charge on any atom is -0.310 e. The molecule has 684 valence electrons. The summed E-state index contributed by atoms with van der Waals surface area (Å²) in [6, 6.07) is 208. The maximum absolute atomic E-state index is 2.52. The molecule has 2 aliphatic heterocycles. The molecule has 0 radical (unpaired) electrons. The molecule has 146 heavy (non-hydrogen) atoms. The molecule has 0 saturated heterocycles. The van der Waals surface area contributed by atoms with E-state index in [2.05, 4.69) is 588 Å². The van der Waals surface area contributed by atoms with Crippen LogP contribution < -0.4 is 19.6 Å². The van der Waals surface area contributed by atoms with Gasteiger partial charge < -0.3 is 24.2 Å². The second kappa shape index (κ2) is 35.2. The third-order valence-corrected chi connectivity index (χ3v) is 31.8. The highest BCUT2D eigenvalue weighted by molar-refractivity contribution is 7.25. The van der Waals surface area contributed by atoms with Crippen LogP contribution in [0.25, 0.3) is 137 Å². The van der Waals surface area contributed by atoms with Crippen molar-refractivity contribution in [1.82, 2.24) is 4.57 Å². The third-order valence-electron chi connectivity index (χ3n) is 30.6. The number of thiophene rings is 1. The Morgan fingerprint density at radius 2 is 0.466 bits per heavy atom. The predicted molar refractivity (Wildman–Crippen MR) is 613 cm³/mol. The molecule has 6 heteroatoms. The highest BCUT2D eigenvalue weighted by Gasteiger charge is 2.55. The number of rotatable bonds is 15. The Morgan fingerprint density at radius 3 is 0.918 bits per heavy atom. The summed E-state index contributed by atoms with van der Waals surface area (Å²) in [6.07, 6.45) is 0. The molecule has 0 unspecified atom stereocenters. The second-order valence-electron chi connectivity index (χ2n) is 38.3. The molecule has 0 atom stereocenters. The quantitative estimate of drug-likeness (QED) is 0.102. The van der Waals surface area contributed by atoms with Crippen LogP contribution >= 0.6 is 11.3 Å². The van der Waals surface area contributed by atoms with Crippen LogP contribution in [0.3, 0.4) is 0 Å².